The number of carboxylic acids is 1. The van der Waals surface area contributed by atoms with E-state index in [1.807, 2.05) is 0 Å². The van der Waals surface area contributed by atoms with E-state index in [4.69, 9.17) is 9.84 Å². The Bertz CT molecular complexity index is 453. The number of nitrogens with one attached hydrogen (secondary N) is 2. The minimum atomic E-state index is -1.01. The highest BCUT2D eigenvalue weighted by molar-refractivity contribution is 5.75. The Morgan fingerprint density at radius 1 is 1.63 bits per heavy atom. The number of carboxylic acid groups (broad SMARTS) is 1. The molecule has 1 aliphatic heterocycles. The first kappa shape index (κ1) is 13.3. The summed E-state index contributed by atoms with van der Waals surface area (Å²) in [6.07, 6.45) is 3.34. The predicted octanol–water partition coefficient (Wildman–Crippen LogP) is -0.205. The average molecular weight is 268 g/mol. The highest BCUT2D eigenvalue weighted by atomic mass is 16.5. The lowest BCUT2D eigenvalue weighted by atomic mass is 9.97. The molecular formula is C11H16N4O4. The minimum absolute atomic E-state index is 0.197. The normalized spacial score (nSPS) is 16.8. The second kappa shape index (κ2) is 5.27. The van der Waals surface area contributed by atoms with E-state index in [1.165, 1.54) is 0 Å². The molecule has 2 heterocycles. The van der Waals surface area contributed by atoms with Gasteiger partial charge in [-0.05, 0) is 6.92 Å². The molecule has 1 aromatic rings. The summed E-state index contributed by atoms with van der Waals surface area (Å²) < 4.78 is 5.22. The van der Waals surface area contributed by atoms with Crippen molar-refractivity contribution in [2.24, 2.45) is 0 Å². The van der Waals surface area contributed by atoms with E-state index in [1.54, 1.807) is 24.2 Å². The number of likely N-dealkylation sites (tertiary alicyclic amines) is 1. The Morgan fingerprint density at radius 3 is 2.95 bits per heavy atom. The van der Waals surface area contributed by atoms with Crippen LogP contribution in [0.3, 0.4) is 0 Å². The van der Waals surface area contributed by atoms with Gasteiger partial charge in [-0.25, -0.2) is 9.59 Å². The molecule has 0 unspecified atom stereocenters. The molecule has 8 nitrogen and oxygen atoms in total. The molecule has 8 heteroatoms. The standard InChI is InChI=1S/C11H16N4O4/c1-11(19-5-9(16)17)6-15(7-11)10(18)12-2-8-3-13-14-4-8/h3-4H,2,5-7H2,1H3,(H,12,18)(H,13,14)(H,16,17). The average Bonchev–Trinajstić information content (AvgIpc) is 2.83. The number of ether oxygens (including phenoxy) is 1. The van der Waals surface area contributed by atoms with Crippen LogP contribution in [0.5, 0.6) is 0 Å². The predicted molar refractivity (Wildman–Crippen MR) is 64.4 cm³/mol. The lowest BCUT2D eigenvalue weighted by molar-refractivity contribution is -0.159. The second-order valence-electron chi connectivity index (χ2n) is 4.75. The fourth-order valence-corrected chi connectivity index (χ4v) is 1.90. The number of urea groups is 1. The zero-order valence-electron chi connectivity index (χ0n) is 10.5. The maximum Gasteiger partial charge on any atom is 0.329 e. The third kappa shape index (κ3) is 3.44. The zero-order chi connectivity index (χ0) is 13.9. The minimum Gasteiger partial charge on any atom is -0.480 e. The molecule has 0 atom stereocenters. The van der Waals surface area contributed by atoms with Gasteiger partial charge in [0, 0.05) is 18.3 Å². The van der Waals surface area contributed by atoms with Crippen molar-refractivity contribution in [2.75, 3.05) is 19.7 Å². The fraction of sp³-hybridized carbons (Fsp3) is 0.545. The van der Waals surface area contributed by atoms with Crippen molar-refractivity contribution >= 4 is 12.0 Å². The number of aromatic amines is 1. The van der Waals surface area contributed by atoms with Crippen LogP contribution in [-0.2, 0) is 16.1 Å². The topological polar surface area (TPSA) is 108 Å². The number of amides is 2. The number of carbonyl (C=O) groups excluding carboxylic acids is 1. The molecule has 1 saturated heterocycles. The number of hydrogen-bond donors (Lipinski definition) is 3. The SMILES string of the molecule is CC1(OCC(=O)O)CN(C(=O)NCc2cn[nH]c2)C1. The third-order valence-electron chi connectivity index (χ3n) is 2.88. The number of hydrogen-bond acceptors (Lipinski definition) is 4. The summed E-state index contributed by atoms with van der Waals surface area (Å²) in [5, 5.41) is 17.7. The van der Waals surface area contributed by atoms with Gasteiger partial charge in [0.05, 0.1) is 19.3 Å². The van der Waals surface area contributed by atoms with E-state index < -0.39 is 11.6 Å². The van der Waals surface area contributed by atoms with Crippen LogP contribution >= 0.6 is 0 Å². The summed E-state index contributed by atoms with van der Waals surface area (Å²) in [5.41, 5.74) is 0.324. The number of aromatic nitrogens is 2. The van der Waals surface area contributed by atoms with Crippen molar-refractivity contribution in [2.45, 2.75) is 19.1 Å². The Balaban J connectivity index is 1.70. The van der Waals surface area contributed by atoms with Crippen molar-refractivity contribution in [1.29, 1.82) is 0 Å². The van der Waals surface area contributed by atoms with Crippen LogP contribution in [0.15, 0.2) is 12.4 Å². The first-order valence-corrected chi connectivity index (χ1v) is 5.85. The molecule has 2 amide bonds. The largest absolute Gasteiger partial charge is 0.480 e. The van der Waals surface area contributed by atoms with Crippen molar-refractivity contribution < 1.29 is 19.4 Å². The first-order chi connectivity index (χ1) is 8.98. The van der Waals surface area contributed by atoms with E-state index in [9.17, 15) is 9.59 Å². The summed E-state index contributed by atoms with van der Waals surface area (Å²) in [6.45, 7) is 2.62. The van der Waals surface area contributed by atoms with E-state index in [0.717, 1.165) is 5.56 Å². The molecule has 3 N–H and O–H groups in total. The molecule has 0 aliphatic carbocycles. The maximum atomic E-state index is 11.8. The summed E-state index contributed by atoms with van der Waals surface area (Å²) in [7, 11) is 0. The van der Waals surface area contributed by atoms with Gasteiger partial charge >= 0.3 is 12.0 Å². The molecule has 0 bridgehead atoms. The lowest BCUT2D eigenvalue weighted by Crippen LogP contribution is -2.65. The Kier molecular flexibility index (Phi) is 3.70. The third-order valence-corrected chi connectivity index (χ3v) is 2.88. The Hall–Kier alpha value is -2.09. The van der Waals surface area contributed by atoms with Gasteiger partial charge in [-0.2, -0.15) is 5.10 Å². The number of rotatable bonds is 5. The molecule has 2 rings (SSSR count). The molecule has 104 valence electrons. The highest BCUT2D eigenvalue weighted by Gasteiger charge is 2.42. The summed E-state index contributed by atoms with van der Waals surface area (Å²) in [4.78, 5) is 23.7. The number of nitrogens with zero attached hydrogens (tertiary/aromatic N) is 2. The van der Waals surface area contributed by atoms with Gasteiger partial charge in [0.25, 0.3) is 0 Å². The van der Waals surface area contributed by atoms with Crippen LogP contribution in [0.1, 0.15) is 12.5 Å². The second-order valence-corrected chi connectivity index (χ2v) is 4.75. The van der Waals surface area contributed by atoms with E-state index in [0.29, 0.717) is 19.6 Å². The Morgan fingerprint density at radius 2 is 2.37 bits per heavy atom. The quantitative estimate of drug-likeness (QED) is 0.685. The van der Waals surface area contributed by atoms with Crippen LogP contribution in [0, 0.1) is 0 Å². The van der Waals surface area contributed by atoms with Gasteiger partial charge in [-0.1, -0.05) is 0 Å². The van der Waals surface area contributed by atoms with Gasteiger partial charge in [-0.15, -0.1) is 0 Å². The number of aliphatic carboxylic acids is 1. The van der Waals surface area contributed by atoms with Crippen molar-refractivity contribution in [1.82, 2.24) is 20.4 Å². The molecule has 0 saturated carbocycles. The van der Waals surface area contributed by atoms with Crippen LogP contribution in [-0.4, -0.2) is 57.5 Å². The van der Waals surface area contributed by atoms with Crippen molar-refractivity contribution in [3.63, 3.8) is 0 Å². The number of H-pyrrole nitrogens is 1. The van der Waals surface area contributed by atoms with E-state index in [2.05, 4.69) is 15.5 Å². The van der Waals surface area contributed by atoms with E-state index >= 15 is 0 Å². The zero-order valence-corrected chi connectivity index (χ0v) is 10.5. The smallest absolute Gasteiger partial charge is 0.329 e. The van der Waals surface area contributed by atoms with Crippen LogP contribution in [0.25, 0.3) is 0 Å². The molecule has 0 radical (unpaired) electrons. The van der Waals surface area contributed by atoms with E-state index in [-0.39, 0.29) is 12.6 Å². The van der Waals surface area contributed by atoms with Crippen molar-refractivity contribution in [3.8, 4) is 0 Å². The van der Waals surface area contributed by atoms with Gasteiger partial charge in [-0.3, -0.25) is 5.10 Å². The summed E-state index contributed by atoms with van der Waals surface area (Å²) in [6, 6.07) is -0.197. The highest BCUT2D eigenvalue weighted by Crippen LogP contribution is 2.24. The van der Waals surface area contributed by atoms with Gasteiger partial charge in [0.1, 0.15) is 12.2 Å². The summed E-state index contributed by atoms with van der Waals surface area (Å²) >= 11 is 0. The first-order valence-electron chi connectivity index (χ1n) is 5.85. The number of carbonyl (C=O) groups is 2. The molecule has 19 heavy (non-hydrogen) atoms. The molecule has 1 fully saturated rings. The summed E-state index contributed by atoms with van der Waals surface area (Å²) in [5.74, 6) is -1.01. The monoisotopic (exact) mass is 268 g/mol. The molecular weight excluding hydrogens is 252 g/mol. The molecule has 1 aromatic heterocycles. The lowest BCUT2D eigenvalue weighted by Gasteiger charge is -2.46. The van der Waals surface area contributed by atoms with Crippen LogP contribution in [0.2, 0.25) is 0 Å². The van der Waals surface area contributed by atoms with Gasteiger partial charge in [0.2, 0.25) is 0 Å². The molecule has 0 spiro atoms. The van der Waals surface area contributed by atoms with Crippen LogP contribution < -0.4 is 5.32 Å². The van der Waals surface area contributed by atoms with Gasteiger partial charge < -0.3 is 20.1 Å². The molecule has 0 aromatic carbocycles. The van der Waals surface area contributed by atoms with Gasteiger partial charge in [0.15, 0.2) is 0 Å². The molecule has 1 aliphatic rings. The van der Waals surface area contributed by atoms with Crippen molar-refractivity contribution in [3.05, 3.63) is 18.0 Å². The van der Waals surface area contributed by atoms with Crippen LogP contribution in [0.4, 0.5) is 4.79 Å². The Labute approximate surface area is 109 Å². The fourth-order valence-electron chi connectivity index (χ4n) is 1.90. The maximum absolute atomic E-state index is 11.8.